The van der Waals surface area contributed by atoms with Gasteiger partial charge in [0.2, 0.25) is 0 Å². The van der Waals surface area contributed by atoms with Gasteiger partial charge in [0, 0.05) is 37.2 Å². The average molecular weight is 370 g/mol. The number of methoxy groups -OCH3 is 1. The highest BCUT2D eigenvalue weighted by atomic mass is 32.1. The summed E-state index contributed by atoms with van der Waals surface area (Å²) in [6.45, 7) is 3.91. The van der Waals surface area contributed by atoms with E-state index in [9.17, 15) is 4.79 Å². The fourth-order valence-corrected chi connectivity index (χ4v) is 3.41. The van der Waals surface area contributed by atoms with E-state index in [1.165, 1.54) is 6.07 Å². The topological polar surface area (TPSA) is 71.1 Å². The molecule has 0 spiro atoms. The van der Waals surface area contributed by atoms with Crippen molar-refractivity contribution in [3.63, 3.8) is 0 Å². The number of nitrogens with one attached hydrogen (secondary N) is 1. The van der Waals surface area contributed by atoms with Crippen molar-refractivity contribution >= 4 is 11.3 Å². The molecule has 0 saturated heterocycles. The fraction of sp³-hybridized carbons (Fsp3) is 0.316. The van der Waals surface area contributed by atoms with Crippen LogP contribution in [-0.2, 0) is 24.4 Å². The molecule has 3 aromatic rings. The third-order valence-electron chi connectivity index (χ3n) is 3.84. The summed E-state index contributed by atoms with van der Waals surface area (Å²) in [6.07, 6.45) is 0. The summed E-state index contributed by atoms with van der Waals surface area (Å²) in [5.74, 6) is 0.559. The van der Waals surface area contributed by atoms with Crippen LogP contribution in [0.3, 0.4) is 0 Å². The lowest BCUT2D eigenvalue weighted by Gasteiger charge is -2.16. The number of aromatic amines is 1. The van der Waals surface area contributed by atoms with E-state index in [1.807, 2.05) is 19.1 Å². The highest BCUT2D eigenvalue weighted by Crippen LogP contribution is 2.18. The van der Waals surface area contributed by atoms with Gasteiger partial charge in [-0.15, -0.1) is 11.3 Å². The first kappa shape index (κ1) is 18.4. The maximum absolute atomic E-state index is 11.9. The van der Waals surface area contributed by atoms with Crippen molar-refractivity contribution < 1.29 is 4.74 Å². The number of H-pyrrole nitrogens is 1. The van der Waals surface area contributed by atoms with Crippen LogP contribution < -0.4 is 5.56 Å². The number of aryl methyl sites for hydroxylation is 1. The number of nitrogens with zero attached hydrogens (tertiary/aromatic N) is 3. The predicted octanol–water partition coefficient (Wildman–Crippen LogP) is 2.98. The molecule has 0 unspecified atom stereocenters. The molecule has 2 heterocycles. The van der Waals surface area contributed by atoms with Gasteiger partial charge < -0.3 is 9.72 Å². The number of aromatic nitrogens is 3. The van der Waals surface area contributed by atoms with Crippen molar-refractivity contribution in [2.24, 2.45) is 0 Å². The van der Waals surface area contributed by atoms with E-state index in [0.29, 0.717) is 18.1 Å². The molecule has 0 aliphatic carbocycles. The van der Waals surface area contributed by atoms with Gasteiger partial charge in [0.15, 0.2) is 0 Å². The zero-order chi connectivity index (χ0) is 18.5. The molecule has 0 bridgehead atoms. The zero-order valence-electron chi connectivity index (χ0n) is 15.2. The van der Waals surface area contributed by atoms with Crippen molar-refractivity contribution in [2.45, 2.75) is 26.6 Å². The van der Waals surface area contributed by atoms with Crippen LogP contribution in [-0.4, -0.2) is 34.0 Å². The molecule has 0 aliphatic heterocycles. The third kappa shape index (κ3) is 4.85. The van der Waals surface area contributed by atoms with Gasteiger partial charge in [-0.3, -0.25) is 9.69 Å². The Kier molecular flexibility index (Phi) is 5.92. The summed E-state index contributed by atoms with van der Waals surface area (Å²) in [4.78, 5) is 25.9. The first-order chi connectivity index (χ1) is 12.5. The van der Waals surface area contributed by atoms with Gasteiger partial charge in [-0.05, 0) is 25.6 Å². The molecule has 26 heavy (non-hydrogen) atoms. The second-order valence-corrected chi connectivity index (χ2v) is 7.31. The summed E-state index contributed by atoms with van der Waals surface area (Å²) in [5.41, 5.74) is 3.56. The molecule has 0 saturated carbocycles. The molecular formula is C19H22N4O2S. The number of hydrogen-bond donors (Lipinski definition) is 1. The number of ether oxygens (including phenoxy) is 1. The summed E-state index contributed by atoms with van der Waals surface area (Å²) in [6, 6.07) is 9.51. The van der Waals surface area contributed by atoms with Crippen molar-refractivity contribution in [1.82, 2.24) is 19.9 Å². The monoisotopic (exact) mass is 370 g/mol. The molecule has 0 fully saturated rings. The summed E-state index contributed by atoms with van der Waals surface area (Å²) in [5, 5.41) is 3.18. The van der Waals surface area contributed by atoms with E-state index >= 15 is 0 Å². The van der Waals surface area contributed by atoms with Crippen LogP contribution in [0, 0.1) is 6.92 Å². The van der Waals surface area contributed by atoms with Gasteiger partial charge in [0.25, 0.3) is 5.56 Å². The van der Waals surface area contributed by atoms with Gasteiger partial charge in [-0.2, -0.15) is 0 Å². The summed E-state index contributed by atoms with van der Waals surface area (Å²) in [7, 11) is 3.66. The van der Waals surface area contributed by atoms with E-state index in [2.05, 4.69) is 44.4 Å². The van der Waals surface area contributed by atoms with Crippen LogP contribution >= 0.6 is 11.3 Å². The quantitative estimate of drug-likeness (QED) is 0.692. The maximum atomic E-state index is 11.9. The molecular weight excluding hydrogens is 348 g/mol. The Hall–Kier alpha value is -2.35. The molecule has 2 aromatic heterocycles. The number of thiazole rings is 1. The van der Waals surface area contributed by atoms with Gasteiger partial charge in [0.05, 0.1) is 23.0 Å². The average Bonchev–Trinajstić information content (AvgIpc) is 2.99. The zero-order valence-corrected chi connectivity index (χ0v) is 16.0. The van der Waals surface area contributed by atoms with Crippen LogP contribution in [0.15, 0.2) is 40.5 Å². The predicted molar refractivity (Wildman–Crippen MR) is 103 cm³/mol. The largest absolute Gasteiger partial charge is 0.378 e. The molecule has 3 rings (SSSR count). The third-order valence-corrected chi connectivity index (χ3v) is 4.66. The van der Waals surface area contributed by atoms with Crippen LogP contribution in [0.4, 0.5) is 0 Å². The van der Waals surface area contributed by atoms with E-state index in [4.69, 9.17) is 4.74 Å². The summed E-state index contributed by atoms with van der Waals surface area (Å²) >= 11 is 1.67. The molecule has 136 valence electrons. The molecule has 1 aromatic carbocycles. The Morgan fingerprint density at radius 3 is 2.77 bits per heavy atom. The van der Waals surface area contributed by atoms with Crippen LogP contribution in [0.25, 0.3) is 11.4 Å². The minimum absolute atomic E-state index is 0.177. The molecule has 0 atom stereocenters. The molecule has 0 amide bonds. The van der Waals surface area contributed by atoms with Crippen LogP contribution in [0.5, 0.6) is 0 Å². The number of hydrogen-bond acceptors (Lipinski definition) is 6. The Bertz CT molecular complexity index is 935. The molecule has 0 radical (unpaired) electrons. The SMILES string of the molecule is COCc1cc(=O)[nH]c(-c2cccc(CN(C)Cc3csc(C)n3)c2)n1. The highest BCUT2D eigenvalue weighted by molar-refractivity contribution is 7.09. The Balaban J connectivity index is 1.76. The standard InChI is InChI=1S/C19H22N4O2S/c1-13-20-17(12-26-13)10-23(2)9-14-5-4-6-15(7-14)19-21-16(11-25-3)8-18(24)22-19/h4-8,12H,9-11H2,1-3H3,(H,21,22,24). The first-order valence-corrected chi connectivity index (χ1v) is 9.19. The lowest BCUT2D eigenvalue weighted by atomic mass is 10.1. The fourth-order valence-electron chi connectivity index (χ4n) is 2.81. The maximum Gasteiger partial charge on any atom is 0.251 e. The van der Waals surface area contributed by atoms with Crippen molar-refractivity contribution in [3.8, 4) is 11.4 Å². The Morgan fingerprint density at radius 1 is 1.19 bits per heavy atom. The second-order valence-electron chi connectivity index (χ2n) is 6.25. The molecule has 6 nitrogen and oxygen atoms in total. The normalized spacial score (nSPS) is 11.2. The lowest BCUT2D eigenvalue weighted by Crippen LogP contribution is -2.17. The van der Waals surface area contributed by atoms with Gasteiger partial charge in [-0.1, -0.05) is 18.2 Å². The van der Waals surface area contributed by atoms with Crippen LogP contribution in [0.1, 0.15) is 22.0 Å². The van der Waals surface area contributed by atoms with Crippen LogP contribution in [0.2, 0.25) is 0 Å². The first-order valence-electron chi connectivity index (χ1n) is 8.31. The Labute approximate surface area is 156 Å². The summed E-state index contributed by atoms with van der Waals surface area (Å²) < 4.78 is 5.08. The smallest absolute Gasteiger partial charge is 0.251 e. The molecule has 7 heteroatoms. The van der Waals surface area contributed by atoms with Gasteiger partial charge in [0.1, 0.15) is 5.82 Å². The van der Waals surface area contributed by atoms with E-state index in [1.54, 1.807) is 18.4 Å². The van der Waals surface area contributed by atoms with E-state index in [0.717, 1.165) is 34.9 Å². The lowest BCUT2D eigenvalue weighted by molar-refractivity contribution is 0.181. The number of benzene rings is 1. The minimum Gasteiger partial charge on any atom is -0.378 e. The van der Waals surface area contributed by atoms with Crippen molar-refractivity contribution in [1.29, 1.82) is 0 Å². The Morgan fingerprint density at radius 2 is 2.04 bits per heavy atom. The highest BCUT2D eigenvalue weighted by Gasteiger charge is 2.08. The van der Waals surface area contributed by atoms with Gasteiger partial charge >= 0.3 is 0 Å². The van der Waals surface area contributed by atoms with E-state index < -0.39 is 0 Å². The minimum atomic E-state index is -0.177. The van der Waals surface area contributed by atoms with Crippen molar-refractivity contribution in [2.75, 3.05) is 14.2 Å². The van der Waals surface area contributed by atoms with E-state index in [-0.39, 0.29) is 5.56 Å². The molecule has 0 aliphatic rings. The van der Waals surface area contributed by atoms with Gasteiger partial charge in [-0.25, -0.2) is 9.97 Å². The second kappa shape index (κ2) is 8.35. The molecule has 1 N–H and O–H groups in total. The number of rotatable bonds is 7. The van der Waals surface area contributed by atoms with Crippen molar-refractivity contribution in [3.05, 3.63) is 68.0 Å².